The van der Waals surface area contributed by atoms with Crippen LogP contribution in [-0.2, 0) is 6.42 Å². The highest BCUT2D eigenvalue weighted by molar-refractivity contribution is 9.11. The van der Waals surface area contributed by atoms with Gasteiger partial charge in [0.25, 0.3) is 0 Å². The second-order valence-electron chi connectivity index (χ2n) is 4.81. The normalized spacial score (nSPS) is 19.5. The van der Waals surface area contributed by atoms with E-state index in [9.17, 15) is 9.90 Å². The van der Waals surface area contributed by atoms with Gasteiger partial charge in [0.1, 0.15) is 0 Å². The summed E-state index contributed by atoms with van der Waals surface area (Å²) >= 11 is 5.17. The smallest absolute Gasteiger partial charge is 0.407 e. The van der Waals surface area contributed by atoms with Crippen LogP contribution in [0.4, 0.5) is 4.79 Å². The van der Waals surface area contributed by atoms with Crippen molar-refractivity contribution >= 4 is 33.4 Å². The summed E-state index contributed by atoms with van der Waals surface area (Å²) in [6.07, 6.45) is 0.927. The zero-order valence-electron chi connectivity index (χ0n) is 9.94. The Morgan fingerprint density at radius 2 is 2.41 bits per heavy atom. The number of rotatable bonds is 2. The van der Waals surface area contributed by atoms with Gasteiger partial charge in [0.05, 0.1) is 9.83 Å². The second-order valence-corrected chi connectivity index (χ2v) is 7.27. The Bertz CT molecular complexity index is 430. The topological polar surface area (TPSA) is 40.5 Å². The molecule has 1 unspecified atom stereocenters. The van der Waals surface area contributed by atoms with E-state index in [0.29, 0.717) is 12.5 Å². The number of carboxylic acid groups (broad SMARTS) is 1. The van der Waals surface area contributed by atoms with Crippen LogP contribution in [-0.4, -0.2) is 22.6 Å². The Balaban J connectivity index is 2.34. The zero-order chi connectivity index (χ0) is 12.6. The molecular formula is C12H16BrNO2S. The largest absolute Gasteiger partial charge is 0.465 e. The first-order valence-electron chi connectivity index (χ1n) is 5.76. The van der Waals surface area contributed by atoms with Crippen LogP contribution in [0.5, 0.6) is 0 Å². The molecule has 2 rings (SSSR count). The summed E-state index contributed by atoms with van der Waals surface area (Å²) < 4.78 is 1.10. The molecule has 0 aliphatic carbocycles. The molecule has 0 aromatic carbocycles. The van der Waals surface area contributed by atoms with E-state index in [0.717, 1.165) is 16.6 Å². The van der Waals surface area contributed by atoms with Crippen molar-refractivity contribution in [3.63, 3.8) is 0 Å². The third kappa shape index (κ3) is 2.65. The van der Waals surface area contributed by atoms with Crippen LogP contribution in [0, 0.1) is 5.92 Å². The maximum absolute atomic E-state index is 11.3. The summed E-state index contributed by atoms with van der Waals surface area (Å²) in [5.74, 6) is 0.494. The van der Waals surface area contributed by atoms with Crippen molar-refractivity contribution in [1.82, 2.24) is 4.90 Å². The van der Waals surface area contributed by atoms with Gasteiger partial charge in [-0.05, 0) is 46.3 Å². The molecule has 1 amide bonds. The van der Waals surface area contributed by atoms with Crippen LogP contribution in [0.25, 0.3) is 0 Å². The molecule has 17 heavy (non-hydrogen) atoms. The van der Waals surface area contributed by atoms with Crippen molar-refractivity contribution in [3.05, 3.63) is 20.3 Å². The highest BCUT2D eigenvalue weighted by atomic mass is 79.9. The van der Waals surface area contributed by atoms with Crippen molar-refractivity contribution in [2.24, 2.45) is 5.92 Å². The zero-order valence-corrected chi connectivity index (χ0v) is 12.3. The third-order valence-corrected chi connectivity index (χ3v) is 4.83. The molecule has 1 aromatic rings. The standard InChI is InChI=1S/C12H16BrNO2S/c1-7(2)5-9-11-8(6-10(13)17-11)3-4-14(9)12(15)16/h6-7,9H,3-5H2,1-2H3,(H,15,16). The Kier molecular flexibility index (Phi) is 3.78. The van der Waals surface area contributed by atoms with Gasteiger partial charge in [0, 0.05) is 11.4 Å². The first-order valence-corrected chi connectivity index (χ1v) is 7.37. The second kappa shape index (κ2) is 4.98. The monoisotopic (exact) mass is 317 g/mol. The molecule has 1 atom stereocenters. The van der Waals surface area contributed by atoms with E-state index < -0.39 is 6.09 Å². The minimum absolute atomic E-state index is 0.0348. The fraction of sp³-hybridized carbons (Fsp3) is 0.583. The van der Waals surface area contributed by atoms with Crippen LogP contribution in [0.2, 0.25) is 0 Å². The van der Waals surface area contributed by atoms with Gasteiger partial charge in [-0.15, -0.1) is 11.3 Å². The fourth-order valence-corrected chi connectivity index (χ4v) is 4.20. The average Bonchev–Trinajstić information content (AvgIpc) is 2.58. The molecule has 0 bridgehead atoms. The first-order chi connectivity index (χ1) is 7.99. The number of halogens is 1. The van der Waals surface area contributed by atoms with Crippen LogP contribution in [0.15, 0.2) is 9.85 Å². The highest BCUT2D eigenvalue weighted by Crippen LogP contribution is 2.41. The molecule has 0 fully saturated rings. The molecule has 0 saturated carbocycles. The predicted octanol–water partition coefficient (Wildman–Crippen LogP) is 4.13. The van der Waals surface area contributed by atoms with Gasteiger partial charge < -0.3 is 10.0 Å². The van der Waals surface area contributed by atoms with Crippen LogP contribution in [0.3, 0.4) is 0 Å². The van der Waals surface area contributed by atoms with Gasteiger partial charge in [0.2, 0.25) is 0 Å². The third-order valence-electron chi connectivity index (χ3n) is 3.05. The number of thiophene rings is 1. The predicted molar refractivity (Wildman–Crippen MR) is 72.6 cm³/mol. The van der Waals surface area contributed by atoms with Gasteiger partial charge in [-0.1, -0.05) is 13.8 Å². The van der Waals surface area contributed by atoms with E-state index in [1.165, 1.54) is 10.4 Å². The van der Waals surface area contributed by atoms with Crippen LogP contribution in [0.1, 0.15) is 36.8 Å². The lowest BCUT2D eigenvalue weighted by molar-refractivity contribution is 0.114. The number of nitrogens with zero attached hydrogens (tertiary/aromatic N) is 1. The maximum atomic E-state index is 11.3. The molecule has 0 saturated heterocycles. The molecule has 1 aromatic heterocycles. The number of amides is 1. The molecule has 94 valence electrons. The van der Waals surface area contributed by atoms with Crippen molar-refractivity contribution in [2.75, 3.05) is 6.54 Å². The summed E-state index contributed by atoms with van der Waals surface area (Å²) in [5, 5.41) is 9.27. The van der Waals surface area contributed by atoms with Crippen LogP contribution >= 0.6 is 27.3 Å². The van der Waals surface area contributed by atoms with E-state index >= 15 is 0 Å². The fourth-order valence-electron chi connectivity index (χ4n) is 2.33. The van der Waals surface area contributed by atoms with E-state index in [4.69, 9.17) is 0 Å². The Morgan fingerprint density at radius 1 is 1.71 bits per heavy atom. The van der Waals surface area contributed by atoms with E-state index in [1.807, 2.05) is 0 Å². The van der Waals surface area contributed by atoms with E-state index in [2.05, 4.69) is 35.8 Å². The van der Waals surface area contributed by atoms with Gasteiger partial charge in [-0.3, -0.25) is 0 Å². The molecule has 2 heterocycles. The van der Waals surface area contributed by atoms with Gasteiger partial charge >= 0.3 is 6.09 Å². The van der Waals surface area contributed by atoms with Gasteiger partial charge in [0.15, 0.2) is 0 Å². The Morgan fingerprint density at radius 3 is 3.00 bits per heavy atom. The number of fused-ring (bicyclic) bond motifs is 1. The minimum atomic E-state index is -0.800. The van der Waals surface area contributed by atoms with Crippen LogP contribution < -0.4 is 0 Å². The van der Waals surface area contributed by atoms with E-state index in [-0.39, 0.29) is 6.04 Å². The number of hydrogen-bond acceptors (Lipinski definition) is 2. The summed E-state index contributed by atoms with van der Waals surface area (Å²) in [6, 6.07) is 2.17. The molecule has 1 aliphatic heterocycles. The lowest BCUT2D eigenvalue weighted by Crippen LogP contribution is -2.39. The first kappa shape index (κ1) is 12.9. The summed E-state index contributed by atoms with van der Waals surface area (Å²) in [4.78, 5) is 14.1. The van der Waals surface area contributed by atoms with E-state index in [1.54, 1.807) is 16.2 Å². The van der Waals surface area contributed by atoms with Crippen molar-refractivity contribution in [2.45, 2.75) is 32.7 Å². The van der Waals surface area contributed by atoms with Gasteiger partial charge in [-0.25, -0.2) is 4.79 Å². The minimum Gasteiger partial charge on any atom is -0.465 e. The lowest BCUT2D eigenvalue weighted by atomic mass is 9.95. The van der Waals surface area contributed by atoms with Crippen molar-refractivity contribution < 1.29 is 9.90 Å². The van der Waals surface area contributed by atoms with Crippen molar-refractivity contribution in [3.8, 4) is 0 Å². The molecule has 3 nitrogen and oxygen atoms in total. The SMILES string of the molecule is CC(C)CC1c2sc(Br)cc2CCN1C(=O)O. The number of carbonyl (C=O) groups is 1. The van der Waals surface area contributed by atoms with Gasteiger partial charge in [-0.2, -0.15) is 0 Å². The Labute approximate surface area is 114 Å². The summed E-state index contributed by atoms with van der Waals surface area (Å²) in [5.41, 5.74) is 1.31. The molecule has 0 radical (unpaired) electrons. The quantitative estimate of drug-likeness (QED) is 0.890. The summed E-state index contributed by atoms with van der Waals surface area (Å²) in [6.45, 7) is 4.89. The van der Waals surface area contributed by atoms with Crippen molar-refractivity contribution in [1.29, 1.82) is 0 Å². The molecule has 5 heteroatoms. The molecule has 1 aliphatic rings. The highest BCUT2D eigenvalue weighted by Gasteiger charge is 2.32. The lowest BCUT2D eigenvalue weighted by Gasteiger charge is -2.34. The molecule has 0 spiro atoms. The molecule has 1 N–H and O–H groups in total. The summed E-state index contributed by atoms with van der Waals surface area (Å²) in [7, 11) is 0. The molecular weight excluding hydrogens is 302 g/mol. The Hall–Kier alpha value is -0.550. The number of hydrogen-bond donors (Lipinski definition) is 1. The maximum Gasteiger partial charge on any atom is 0.407 e. The average molecular weight is 318 g/mol.